The Hall–Kier alpha value is -3.08. The molecule has 2 rings (SSSR count). The average Bonchev–Trinajstić information content (AvgIpc) is 2.58. The van der Waals surface area contributed by atoms with Crippen molar-refractivity contribution >= 4 is 12.1 Å². The Morgan fingerprint density at radius 2 is 1.52 bits per heavy atom. The first-order valence-corrected chi connectivity index (χ1v) is 7.10. The molecule has 0 fully saturated rings. The van der Waals surface area contributed by atoms with Crippen molar-refractivity contribution in [1.82, 2.24) is 5.32 Å². The highest BCUT2D eigenvalue weighted by Crippen LogP contribution is 2.04. The fraction of sp³-hybridized carbons (Fsp3) is 0.111. The van der Waals surface area contributed by atoms with Gasteiger partial charge in [0.25, 0.3) is 0 Å². The number of ether oxygens (including phenoxy) is 1. The number of allylic oxidation sites excluding steroid dienone is 1. The molecule has 23 heavy (non-hydrogen) atoms. The van der Waals surface area contributed by atoms with Crippen LogP contribution < -0.4 is 5.32 Å². The number of benzene rings is 2. The SMILES string of the molecule is O=C(NC(=CCc1ccccc1)C(=O)O)OCc1ccccc1. The summed E-state index contributed by atoms with van der Waals surface area (Å²) in [6, 6.07) is 18.5. The van der Waals surface area contributed by atoms with E-state index < -0.39 is 12.1 Å². The van der Waals surface area contributed by atoms with Crippen molar-refractivity contribution in [3.05, 3.63) is 83.6 Å². The standard InChI is InChI=1S/C18H17NO4/c20-17(21)16(12-11-14-7-3-1-4-8-14)19-18(22)23-13-15-9-5-2-6-10-15/h1-10,12H,11,13H2,(H,19,22)(H,20,21). The first kappa shape index (κ1) is 16.3. The second-order valence-corrected chi connectivity index (χ2v) is 4.80. The highest BCUT2D eigenvalue weighted by atomic mass is 16.5. The third-order valence-electron chi connectivity index (χ3n) is 3.06. The predicted octanol–water partition coefficient (Wildman–Crippen LogP) is 3.12. The molecule has 0 atom stereocenters. The molecule has 0 saturated carbocycles. The van der Waals surface area contributed by atoms with Crippen LogP contribution in [-0.4, -0.2) is 17.2 Å². The van der Waals surface area contributed by atoms with Crippen LogP contribution >= 0.6 is 0 Å². The van der Waals surface area contributed by atoms with Gasteiger partial charge in [-0.1, -0.05) is 60.7 Å². The van der Waals surface area contributed by atoms with Crippen LogP contribution in [0.2, 0.25) is 0 Å². The van der Waals surface area contributed by atoms with Gasteiger partial charge in [0.1, 0.15) is 12.3 Å². The fourth-order valence-corrected chi connectivity index (χ4v) is 1.89. The van der Waals surface area contributed by atoms with Crippen molar-refractivity contribution in [2.45, 2.75) is 13.0 Å². The Morgan fingerprint density at radius 3 is 2.09 bits per heavy atom. The normalized spacial score (nSPS) is 10.9. The van der Waals surface area contributed by atoms with Gasteiger partial charge in [-0.25, -0.2) is 9.59 Å². The summed E-state index contributed by atoms with van der Waals surface area (Å²) in [7, 11) is 0. The van der Waals surface area contributed by atoms with E-state index in [0.29, 0.717) is 6.42 Å². The first-order valence-electron chi connectivity index (χ1n) is 7.10. The third-order valence-corrected chi connectivity index (χ3v) is 3.06. The van der Waals surface area contributed by atoms with Crippen LogP contribution in [0.15, 0.2) is 72.4 Å². The van der Waals surface area contributed by atoms with Crippen LogP contribution in [0.4, 0.5) is 4.79 Å². The van der Waals surface area contributed by atoms with Crippen LogP contribution in [0.25, 0.3) is 0 Å². The largest absolute Gasteiger partial charge is 0.477 e. The predicted molar refractivity (Wildman–Crippen MR) is 85.6 cm³/mol. The van der Waals surface area contributed by atoms with E-state index in [1.165, 1.54) is 6.08 Å². The van der Waals surface area contributed by atoms with Gasteiger partial charge in [0.05, 0.1) is 0 Å². The number of hydrogen-bond donors (Lipinski definition) is 2. The van der Waals surface area contributed by atoms with E-state index in [0.717, 1.165) is 11.1 Å². The smallest absolute Gasteiger partial charge is 0.412 e. The molecule has 0 unspecified atom stereocenters. The summed E-state index contributed by atoms with van der Waals surface area (Å²) < 4.78 is 5.01. The number of rotatable bonds is 6. The second kappa shape index (κ2) is 8.38. The molecule has 0 saturated heterocycles. The van der Waals surface area contributed by atoms with Crippen molar-refractivity contribution in [1.29, 1.82) is 0 Å². The first-order chi connectivity index (χ1) is 11.1. The fourth-order valence-electron chi connectivity index (χ4n) is 1.89. The molecule has 0 radical (unpaired) electrons. The molecular weight excluding hydrogens is 294 g/mol. The lowest BCUT2D eigenvalue weighted by Gasteiger charge is -2.08. The van der Waals surface area contributed by atoms with E-state index in [2.05, 4.69) is 5.32 Å². The summed E-state index contributed by atoms with van der Waals surface area (Å²) in [6.45, 7) is 0.0816. The molecule has 0 aliphatic carbocycles. The molecule has 5 heteroatoms. The lowest BCUT2D eigenvalue weighted by molar-refractivity contribution is -0.133. The van der Waals surface area contributed by atoms with Crippen molar-refractivity contribution in [2.24, 2.45) is 0 Å². The van der Waals surface area contributed by atoms with E-state index in [-0.39, 0.29) is 12.3 Å². The molecule has 118 valence electrons. The molecule has 0 bridgehead atoms. The molecule has 0 heterocycles. The summed E-state index contributed by atoms with van der Waals surface area (Å²) in [4.78, 5) is 22.9. The average molecular weight is 311 g/mol. The van der Waals surface area contributed by atoms with Gasteiger partial charge < -0.3 is 9.84 Å². The molecule has 2 aromatic carbocycles. The Balaban J connectivity index is 1.91. The minimum absolute atomic E-state index is 0.0816. The van der Waals surface area contributed by atoms with Gasteiger partial charge >= 0.3 is 12.1 Å². The topological polar surface area (TPSA) is 75.6 Å². The zero-order valence-electron chi connectivity index (χ0n) is 12.4. The van der Waals surface area contributed by atoms with E-state index >= 15 is 0 Å². The molecule has 2 aromatic rings. The summed E-state index contributed by atoms with van der Waals surface area (Å²) in [5.41, 5.74) is 1.57. The van der Waals surface area contributed by atoms with Gasteiger partial charge in [-0.05, 0) is 23.6 Å². The van der Waals surface area contributed by atoms with E-state index in [9.17, 15) is 9.59 Å². The van der Waals surface area contributed by atoms with Crippen LogP contribution in [-0.2, 0) is 22.6 Å². The quantitative estimate of drug-likeness (QED) is 0.804. The minimum atomic E-state index is -1.21. The lowest BCUT2D eigenvalue weighted by Crippen LogP contribution is -2.28. The molecule has 0 aliphatic rings. The Morgan fingerprint density at radius 1 is 0.957 bits per heavy atom. The monoisotopic (exact) mass is 311 g/mol. The van der Waals surface area contributed by atoms with E-state index in [4.69, 9.17) is 9.84 Å². The number of carboxylic acids is 1. The Labute approximate surface area is 134 Å². The summed E-state index contributed by atoms with van der Waals surface area (Å²) in [5.74, 6) is -1.21. The maximum absolute atomic E-state index is 11.7. The third kappa shape index (κ3) is 5.67. The summed E-state index contributed by atoms with van der Waals surface area (Å²) in [5, 5.41) is 11.4. The van der Waals surface area contributed by atoms with Crippen LogP contribution in [0.3, 0.4) is 0 Å². The number of alkyl carbamates (subject to hydrolysis) is 1. The van der Waals surface area contributed by atoms with E-state index in [1.807, 2.05) is 60.7 Å². The highest BCUT2D eigenvalue weighted by Gasteiger charge is 2.12. The minimum Gasteiger partial charge on any atom is -0.477 e. The Bertz CT molecular complexity index is 681. The van der Waals surface area contributed by atoms with Gasteiger partial charge in [-0.3, -0.25) is 5.32 Å². The molecule has 0 aromatic heterocycles. The highest BCUT2D eigenvalue weighted by molar-refractivity contribution is 5.90. The van der Waals surface area contributed by atoms with Crippen molar-refractivity contribution in [3.8, 4) is 0 Å². The van der Waals surface area contributed by atoms with Gasteiger partial charge in [0.15, 0.2) is 0 Å². The second-order valence-electron chi connectivity index (χ2n) is 4.80. The van der Waals surface area contributed by atoms with Crippen LogP contribution in [0.1, 0.15) is 11.1 Å². The van der Waals surface area contributed by atoms with Crippen molar-refractivity contribution in [2.75, 3.05) is 0 Å². The Kier molecular flexibility index (Phi) is 5.94. The number of carboxylic acid groups (broad SMARTS) is 1. The van der Waals surface area contributed by atoms with Gasteiger partial charge in [0.2, 0.25) is 0 Å². The summed E-state index contributed by atoms with van der Waals surface area (Å²) in [6.07, 6.45) is 1.05. The lowest BCUT2D eigenvalue weighted by atomic mass is 10.1. The number of carbonyl (C=O) groups is 2. The van der Waals surface area contributed by atoms with E-state index in [1.54, 1.807) is 0 Å². The molecule has 5 nitrogen and oxygen atoms in total. The van der Waals surface area contributed by atoms with Crippen molar-refractivity contribution in [3.63, 3.8) is 0 Å². The van der Waals surface area contributed by atoms with Gasteiger partial charge in [-0.15, -0.1) is 0 Å². The molecule has 0 spiro atoms. The van der Waals surface area contributed by atoms with Gasteiger partial charge in [-0.2, -0.15) is 0 Å². The molecule has 2 N–H and O–H groups in total. The number of amides is 1. The maximum atomic E-state index is 11.7. The molecular formula is C18H17NO4. The summed E-state index contributed by atoms with van der Waals surface area (Å²) >= 11 is 0. The zero-order chi connectivity index (χ0) is 16.5. The number of hydrogen-bond acceptors (Lipinski definition) is 3. The van der Waals surface area contributed by atoms with Gasteiger partial charge in [0, 0.05) is 0 Å². The molecule has 1 amide bonds. The van der Waals surface area contributed by atoms with Crippen molar-refractivity contribution < 1.29 is 19.4 Å². The maximum Gasteiger partial charge on any atom is 0.412 e. The number of nitrogens with one attached hydrogen (secondary N) is 1. The number of aliphatic carboxylic acids is 1. The van der Waals surface area contributed by atoms with Crippen LogP contribution in [0, 0.1) is 0 Å². The number of carbonyl (C=O) groups excluding carboxylic acids is 1. The van der Waals surface area contributed by atoms with Crippen LogP contribution in [0.5, 0.6) is 0 Å². The zero-order valence-corrected chi connectivity index (χ0v) is 12.4. The molecule has 0 aliphatic heterocycles.